The van der Waals surface area contributed by atoms with Gasteiger partial charge in [-0.15, -0.1) is 0 Å². The Morgan fingerprint density at radius 2 is 0.900 bits per heavy atom. The van der Waals surface area contributed by atoms with Crippen LogP contribution >= 0.6 is 0 Å². The van der Waals surface area contributed by atoms with E-state index >= 15 is 0 Å². The van der Waals surface area contributed by atoms with Gasteiger partial charge in [0.2, 0.25) is 0 Å². The summed E-state index contributed by atoms with van der Waals surface area (Å²) in [4.78, 5) is 0. The number of aliphatic hydroxyl groups is 1. The van der Waals surface area contributed by atoms with Crippen LogP contribution in [0.15, 0.2) is 0 Å². The topological polar surface area (TPSA) is 77.4 Å². The summed E-state index contributed by atoms with van der Waals surface area (Å²) in [6.07, 6.45) is 23.8. The van der Waals surface area contributed by atoms with E-state index in [-0.39, 0.29) is 57.8 Å². The van der Waals surface area contributed by atoms with E-state index in [1.807, 2.05) is 0 Å². The fraction of sp³-hybridized carbons (Fsp3) is 1.00. The van der Waals surface area contributed by atoms with Crippen molar-refractivity contribution in [3.8, 4) is 0 Å². The molecule has 0 saturated heterocycles. The number of hydrogen-bond acceptors (Lipinski definition) is 4. The molecule has 0 heterocycles. The van der Waals surface area contributed by atoms with Crippen LogP contribution < -0.4 is 51.4 Å². The number of unbranched alkanes of at least 4 members (excludes halogenated alkanes) is 18. The summed E-state index contributed by atoms with van der Waals surface area (Å²) in [7, 11) is -4.39. The fourth-order valence-corrected chi connectivity index (χ4v) is 4.99. The molecule has 4 nitrogen and oxygen atoms in total. The van der Waals surface area contributed by atoms with Crippen LogP contribution in [0.4, 0.5) is 0 Å². The van der Waals surface area contributed by atoms with Crippen LogP contribution in [0.3, 0.4) is 0 Å². The van der Waals surface area contributed by atoms with Gasteiger partial charge in [0.25, 0.3) is 0 Å². The molecule has 0 aromatic carbocycles. The summed E-state index contributed by atoms with van der Waals surface area (Å²) < 4.78 is 33.2. The largest absolute Gasteiger partial charge is 1.00 e. The first kappa shape index (κ1) is 33.7. The second-order valence-electron chi connectivity index (χ2n) is 8.92. The van der Waals surface area contributed by atoms with Gasteiger partial charge in [0.15, 0.2) is 0 Å². The van der Waals surface area contributed by atoms with E-state index in [4.69, 9.17) is 0 Å². The molecule has 0 rings (SSSR count). The smallest absolute Gasteiger partial charge is 0.748 e. The van der Waals surface area contributed by atoms with Crippen LogP contribution in [0.5, 0.6) is 0 Å². The van der Waals surface area contributed by atoms with Gasteiger partial charge < -0.3 is 9.66 Å². The van der Waals surface area contributed by atoms with Crippen LogP contribution in [0.2, 0.25) is 0 Å². The molecule has 0 radical (unpaired) electrons. The summed E-state index contributed by atoms with van der Waals surface area (Å²) in [5.41, 5.74) is 0. The molecular weight excluding hydrogens is 423 g/mol. The Bertz CT molecular complexity index is 440. The molecule has 0 aromatic heterocycles. The molecule has 0 aliphatic heterocycles. The first-order valence-electron chi connectivity index (χ1n) is 12.5. The minimum atomic E-state index is -4.39. The Labute approximate surface area is 230 Å². The molecule has 176 valence electrons. The van der Waals surface area contributed by atoms with E-state index in [0.29, 0.717) is 6.42 Å². The third-order valence-electron chi connectivity index (χ3n) is 6.00. The van der Waals surface area contributed by atoms with Crippen LogP contribution in [-0.4, -0.2) is 29.4 Å². The van der Waals surface area contributed by atoms with Crippen LogP contribution in [0.25, 0.3) is 0 Å². The van der Waals surface area contributed by atoms with Crippen LogP contribution in [0.1, 0.15) is 142 Å². The fourth-order valence-electron chi connectivity index (χ4n) is 4.05. The predicted molar refractivity (Wildman–Crippen MR) is 123 cm³/mol. The molecule has 6 heteroatoms. The molecule has 0 spiro atoms. The molecule has 0 amide bonds. The van der Waals surface area contributed by atoms with E-state index in [1.165, 1.54) is 110 Å². The van der Waals surface area contributed by atoms with Gasteiger partial charge in [-0.1, -0.05) is 129 Å². The molecular formula is C24H49KO4S. The van der Waals surface area contributed by atoms with Crippen LogP contribution in [0, 0.1) is 0 Å². The number of hydrogen-bond donors (Lipinski definition) is 1. The van der Waals surface area contributed by atoms with E-state index in [1.54, 1.807) is 0 Å². The summed E-state index contributed by atoms with van der Waals surface area (Å²) in [5, 5.41) is 8.27. The standard InChI is InChI=1S/C24H50O4S.K/c1-3-4-5-6-7-8-9-10-11-12-13-14-15-16-17-18-19-20-21-22-24(23(2)25)29(26,27)28;/h23-25H,3-22H2,1-2H3,(H,26,27,28);/q;+1/p-1. The first-order chi connectivity index (χ1) is 13.9. The maximum Gasteiger partial charge on any atom is 1.00 e. The third kappa shape index (κ3) is 22.7. The number of aliphatic hydroxyl groups excluding tert-OH is 1. The zero-order chi connectivity index (χ0) is 21.8. The first-order valence-corrected chi connectivity index (χ1v) is 14.0. The Morgan fingerprint density at radius 1 is 0.633 bits per heavy atom. The average molecular weight is 473 g/mol. The molecule has 2 atom stereocenters. The summed E-state index contributed by atoms with van der Waals surface area (Å²) in [6.45, 7) is 3.66. The minimum absolute atomic E-state index is 0. The van der Waals surface area contributed by atoms with Gasteiger partial charge in [-0.3, -0.25) is 0 Å². The van der Waals surface area contributed by atoms with Gasteiger partial charge in [0, 0.05) is 0 Å². The molecule has 0 fully saturated rings. The van der Waals surface area contributed by atoms with Gasteiger partial charge in [-0.05, 0) is 13.3 Å². The van der Waals surface area contributed by atoms with Crippen molar-refractivity contribution in [2.75, 3.05) is 0 Å². The number of rotatable bonds is 22. The maximum atomic E-state index is 11.1. The van der Waals surface area contributed by atoms with Crippen molar-refractivity contribution < 1.29 is 69.5 Å². The molecule has 2 unspecified atom stereocenters. The summed E-state index contributed by atoms with van der Waals surface area (Å²) >= 11 is 0. The molecule has 30 heavy (non-hydrogen) atoms. The SMILES string of the molecule is CCCCCCCCCCCCCCCCCCCCCC(C(C)O)S(=O)(=O)[O-].[K+]. The maximum absolute atomic E-state index is 11.1. The summed E-state index contributed by atoms with van der Waals surface area (Å²) in [5.74, 6) is 0. The zero-order valence-electron chi connectivity index (χ0n) is 20.4. The van der Waals surface area contributed by atoms with E-state index in [2.05, 4.69) is 6.92 Å². The van der Waals surface area contributed by atoms with Gasteiger partial charge in [0.1, 0.15) is 10.1 Å². The molecule has 0 saturated carbocycles. The minimum Gasteiger partial charge on any atom is -0.748 e. The zero-order valence-corrected chi connectivity index (χ0v) is 24.3. The van der Waals surface area contributed by atoms with Gasteiger partial charge in [-0.2, -0.15) is 0 Å². The van der Waals surface area contributed by atoms with Crippen LogP contribution in [-0.2, 0) is 10.1 Å². The molecule has 1 N–H and O–H groups in total. The third-order valence-corrected chi connectivity index (χ3v) is 7.37. The Kier molecular flexibility index (Phi) is 26.6. The van der Waals surface area contributed by atoms with Crippen molar-refractivity contribution >= 4 is 10.1 Å². The van der Waals surface area contributed by atoms with E-state index in [9.17, 15) is 18.1 Å². The van der Waals surface area contributed by atoms with E-state index < -0.39 is 21.5 Å². The van der Waals surface area contributed by atoms with Gasteiger partial charge in [0.05, 0.1) is 11.4 Å². The normalized spacial score (nSPS) is 13.7. The monoisotopic (exact) mass is 472 g/mol. The van der Waals surface area contributed by atoms with Crippen molar-refractivity contribution in [1.29, 1.82) is 0 Å². The average Bonchev–Trinajstić information content (AvgIpc) is 2.65. The van der Waals surface area contributed by atoms with Crippen molar-refractivity contribution in [1.82, 2.24) is 0 Å². The van der Waals surface area contributed by atoms with Gasteiger partial charge in [-0.25, -0.2) is 8.42 Å². The van der Waals surface area contributed by atoms with Crippen molar-refractivity contribution in [3.05, 3.63) is 0 Å². The second-order valence-corrected chi connectivity index (χ2v) is 10.5. The molecule has 0 aromatic rings. The van der Waals surface area contributed by atoms with Gasteiger partial charge >= 0.3 is 51.4 Å². The van der Waals surface area contributed by atoms with Crippen molar-refractivity contribution in [2.45, 2.75) is 154 Å². The Morgan fingerprint density at radius 3 is 1.13 bits per heavy atom. The predicted octanol–water partition coefficient (Wildman–Crippen LogP) is 4.11. The Balaban J connectivity index is 0. The van der Waals surface area contributed by atoms with E-state index in [0.717, 1.165) is 12.8 Å². The molecule has 0 bridgehead atoms. The Hall–Kier alpha value is 1.51. The summed E-state index contributed by atoms with van der Waals surface area (Å²) in [6, 6.07) is 0. The molecule has 0 aliphatic carbocycles. The molecule has 0 aliphatic rings. The van der Waals surface area contributed by atoms with Crippen molar-refractivity contribution in [2.24, 2.45) is 0 Å². The quantitative estimate of drug-likeness (QED) is 0.146. The second kappa shape index (κ2) is 23.7. The van der Waals surface area contributed by atoms with Crippen molar-refractivity contribution in [3.63, 3.8) is 0 Å².